The Balaban J connectivity index is 1.87. The van der Waals surface area contributed by atoms with Crippen LogP contribution in [0.1, 0.15) is 42.1 Å². The van der Waals surface area contributed by atoms with Crippen LogP contribution >= 0.6 is 11.3 Å². The van der Waals surface area contributed by atoms with Crippen molar-refractivity contribution in [1.29, 1.82) is 0 Å². The molecule has 0 aromatic carbocycles. The highest BCUT2D eigenvalue weighted by atomic mass is 32.2. The maximum absolute atomic E-state index is 13.2. The van der Waals surface area contributed by atoms with Crippen molar-refractivity contribution in [2.75, 3.05) is 17.9 Å². The molecule has 0 atom stereocenters. The molecule has 2 aromatic heterocycles. The van der Waals surface area contributed by atoms with Crippen LogP contribution in [-0.4, -0.2) is 36.4 Å². The van der Waals surface area contributed by atoms with Crippen LogP contribution < -0.4 is 4.72 Å². The number of halogens is 2. The second kappa shape index (κ2) is 6.96. The number of thiazole rings is 1. The minimum Gasteiger partial charge on any atom is -0.381 e. The molecule has 11 heteroatoms. The molecule has 3 heterocycles. The van der Waals surface area contributed by atoms with E-state index in [0.717, 1.165) is 34.6 Å². The number of nitrogens with one attached hydrogen (secondary N) is 1. The third-order valence-electron chi connectivity index (χ3n) is 4.07. The van der Waals surface area contributed by atoms with E-state index in [0.29, 0.717) is 13.2 Å². The summed E-state index contributed by atoms with van der Waals surface area (Å²) in [7, 11) is -2.90. The largest absolute Gasteiger partial charge is 0.381 e. The summed E-state index contributed by atoms with van der Waals surface area (Å²) in [6.07, 6.45) is -1.28. The minimum atomic E-state index is -4.22. The van der Waals surface area contributed by atoms with Gasteiger partial charge in [-0.2, -0.15) is 13.5 Å². The lowest BCUT2D eigenvalue weighted by Crippen LogP contribution is -2.19. The standard InChI is InChI=1S/C14H18F2N4O3S2/c1-8-11(12(15)16)13(20(2)18-8)25(21,22)19-14-17-10(7-24-14)9-3-5-23-6-4-9/h7,9,12H,3-6H2,1-2H3,(H,17,19). The van der Waals surface area contributed by atoms with Crippen LogP contribution in [0.15, 0.2) is 10.4 Å². The van der Waals surface area contributed by atoms with E-state index in [1.807, 2.05) is 0 Å². The second-order valence-electron chi connectivity index (χ2n) is 5.80. The van der Waals surface area contributed by atoms with Crippen LogP contribution in [0.25, 0.3) is 0 Å². The summed E-state index contributed by atoms with van der Waals surface area (Å²) in [4.78, 5) is 4.31. The quantitative estimate of drug-likeness (QED) is 0.846. The van der Waals surface area contributed by atoms with Crippen LogP contribution in [-0.2, 0) is 21.8 Å². The first kappa shape index (κ1) is 18.2. The summed E-state index contributed by atoms with van der Waals surface area (Å²) >= 11 is 1.13. The molecule has 0 radical (unpaired) electrons. The Morgan fingerprint density at radius 1 is 1.40 bits per heavy atom. The average Bonchev–Trinajstić information content (AvgIpc) is 3.11. The zero-order valence-corrected chi connectivity index (χ0v) is 15.3. The van der Waals surface area contributed by atoms with Crippen LogP contribution in [0, 0.1) is 6.92 Å². The summed E-state index contributed by atoms with van der Waals surface area (Å²) in [6.45, 7) is 2.65. The van der Waals surface area contributed by atoms with Gasteiger partial charge in [0.25, 0.3) is 16.4 Å². The number of hydrogen-bond donors (Lipinski definition) is 1. The van der Waals surface area contributed by atoms with Crippen LogP contribution in [0.2, 0.25) is 0 Å². The molecule has 0 aliphatic carbocycles. The van der Waals surface area contributed by atoms with Crippen molar-refractivity contribution in [3.05, 3.63) is 22.3 Å². The van der Waals surface area contributed by atoms with Crippen molar-refractivity contribution in [2.24, 2.45) is 7.05 Å². The van der Waals surface area contributed by atoms with E-state index in [-0.39, 0.29) is 16.7 Å². The highest BCUT2D eigenvalue weighted by Crippen LogP contribution is 2.33. The van der Waals surface area contributed by atoms with Gasteiger partial charge in [-0.1, -0.05) is 0 Å². The molecule has 0 amide bonds. The maximum atomic E-state index is 13.2. The lowest BCUT2D eigenvalue weighted by atomic mass is 9.98. The Morgan fingerprint density at radius 3 is 2.72 bits per heavy atom. The van der Waals surface area contributed by atoms with Crippen molar-refractivity contribution >= 4 is 26.5 Å². The average molecular weight is 392 g/mol. The zero-order valence-electron chi connectivity index (χ0n) is 13.7. The molecule has 0 unspecified atom stereocenters. The normalized spacial score (nSPS) is 16.5. The van der Waals surface area contributed by atoms with Crippen molar-refractivity contribution < 1.29 is 21.9 Å². The summed E-state index contributed by atoms with van der Waals surface area (Å²) in [5.74, 6) is 0.221. The van der Waals surface area contributed by atoms with Gasteiger partial charge >= 0.3 is 0 Å². The van der Waals surface area contributed by atoms with Gasteiger partial charge in [0.2, 0.25) is 0 Å². The lowest BCUT2D eigenvalue weighted by molar-refractivity contribution is 0.0846. The van der Waals surface area contributed by atoms with Gasteiger partial charge < -0.3 is 4.74 Å². The molecular weight excluding hydrogens is 374 g/mol. The Bertz CT molecular complexity index is 858. The Labute approximate surface area is 148 Å². The van der Waals surface area contributed by atoms with E-state index in [1.54, 1.807) is 5.38 Å². The van der Waals surface area contributed by atoms with Gasteiger partial charge in [-0.05, 0) is 19.8 Å². The molecule has 1 saturated heterocycles. The van der Waals surface area contributed by atoms with E-state index in [4.69, 9.17) is 4.74 Å². The van der Waals surface area contributed by atoms with Gasteiger partial charge in [0.1, 0.15) is 0 Å². The molecule has 1 N–H and O–H groups in total. The first-order valence-corrected chi connectivity index (χ1v) is 10.0. The number of aryl methyl sites for hydroxylation is 2. The van der Waals surface area contributed by atoms with E-state index in [1.165, 1.54) is 14.0 Å². The third-order valence-corrected chi connectivity index (χ3v) is 6.43. The van der Waals surface area contributed by atoms with Crippen LogP contribution in [0.3, 0.4) is 0 Å². The Morgan fingerprint density at radius 2 is 2.08 bits per heavy atom. The molecule has 1 fully saturated rings. The van der Waals surface area contributed by atoms with Crippen molar-refractivity contribution in [2.45, 2.75) is 37.1 Å². The molecule has 0 spiro atoms. The fourth-order valence-electron chi connectivity index (χ4n) is 2.90. The monoisotopic (exact) mass is 392 g/mol. The maximum Gasteiger partial charge on any atom is 0.281 e. The van der Waals surface area contributed by atoms with Gasteiger partial charge in [-0.25, -0.2) is 13.8 Å². The number of aromatic nitrogens is 3. The smallest absolute Gasteiger partial charge is 0.281 e. The summed E-state index contributed by atoms with van der Waals surface area (Å²) in [5.41, 5.74) is 0.192. The van der Waals surface area contributed by atoms with E-state index in [2.05, 4.69) is 14.8 Å². The van der Waals surface area contributed by atoms with E-state index >= 15 is 0 Å². The molecule has 0 bridgehead atoms. The fraction of sp³-hybridized carbons (Fsp3) is 0.571. The molecule has 1 aliphatic rings. The first-order valence-electron chi connectivity index (χ1n) is 7.67. The Kier molecular flexibility index (Phi) is 5.07. The molecular formula is C14H18F2N4O3S2. The van der Waals surface area contributed by atoms with Crippen LogP contribution in [0.5, 0.6) is 0 Å². The van der Waals surface area contributed by atoms with Gasteiger partial charge in [-0.15, -0.1) is 11.3 Å². The number of nitrogens with zero attached hydrogens (tertiary/aromatic N) is 3. The highest BCUT2D eigenvalue weighted by Gasteiger charge is 2.31. The third kappa shape index (κ3) is 3.67. The number of alkyl halides is 2. The molecule has 138 valence electrons. The highest BCUT2D eigenvalue weighted by molar-refractivity contribution is 7.92. The summed E-state index contributed by atoms with van der Waals surface area (Å²) in [5, 5.41) is 5.21. The molecule has 7 nitrogen and oxygen atoms in total. The topological polar surface area (TPSA) is 86.1 Å². The predicted molar refractivity (Wildman–Crippen MR) is 88.6 cm³/mol. The van der Waals surface area contributed by atoms with Crippen molar-refractivity contribution in [3.63, 3.8) is 0 Å². The summed E-state index contributed by atoms with van der Waals surface area (Å²) in [6, 6.07) is 0. The zero-order chi connectivity index (χ0) is 18.2. The number of rotatable bonds is 5. The number of ether oxygens (including phenoxy) is 1. The number of hydrogen-bond acceptors (Lipinski definition) is 6. The lowest BCUT2D eigenvalue weighted by Gasteiger charge is -2.19. The SMILES string of the molecule is Cc1nn(C)c(S(=O)(=O)Nc2nc(C3CCOCC3)cs2)c1C(F)F. The summed E-state index contributed by atoms with van der Waals surface area (Å²) < 4.78 is 60.2. The van der Waals surface area contributed by atoms with Crippen molar-refractivity contribution in [3.8, 4) is 0 Å². The molecule has 1 aliphatic heterocycles. The van der Waals surface area contributed by atoms with Gasteiger partial charge in [0.15, 0.2) is 10.2 Å². The van der Waals surface area contributed by atoms with Gasteiger partial charge in [0, 0.05) is 31.6 Å². The van der Waals surface area contributed by atoms with E-state index in [9.17, 15) is 17.2 Å². The fourth-order valence-corrected chi connectivity index (χ4v) is 5.34. The van der Waals surface area contributed by atoms with Gasteiger partial charge in [0.05, 0.1) is 17.0 Å². The predicted octanol–water partition coefficient (Wildman–Crippen LogP) is 2.82. The van der Waals surface area contributed by atoms with Gasteiger partial charge in [-0.3, -0.25) is 9.40 Å². The number of sulfonamides is 1. The first-order chi connectivity index (χ1) is 11.8. The Hall–Kier alpha value is -1.59. The number of anilines is 1. The molecule has 25 heavy (non-hydrogen) atoms. The molecule has 2 aromatic rings. The minimum absolute atomic E-state index is 0.0140. The second-order valence-corrected chi connectivity index (χ2v) is 8.25. The van der Waals surface area contributed by atoms with Crippen LogP contribution in [0.4, 0.5) is 13.9 Å². The van der Waals surface area contributed by atoms with Crippen molar-refractivity contribution in [1.82, 2.24) is 14.8 Å². The molecule has 0 saturated carbocycles. The molecule has 3 rings (SSSR count). The van der Waals surface area contributed by atoms with E-state index < -0.39 is 27.0 Å².